The molecule has 0 aliphatic heterocycles. The number of aryl methyl sites for hydroxylation is 1. The Bertz CT molecular complexity index is 847. The van der Waals surface area contributed by atoms with Gasteiger partial charge in [-0.25, -0.2) is 4.79 Å². The lowest BCUT2D eigenvalue weighted by Gasteiger charge is -2.06. The molecule has 1 aromatic heterocycles. The fraction of sp³-hybridized carbons (Fsp3) is 0.316. The first kappa shape index (κ1) is 17.0. The van der Waals surface area contributed by atoms with Crippen molar-refractivity contribution in [3.63, 3.8) is 0 Å². The van der Waals surface area contributed by atoms with Crippen molar-refractivity contribution in [2.45, 2.75) is 39.3 Å². The van der Waals surface area contributed by atoms with Gasteiger partial charge >= 0.3 is 5.97 Å². The molecule has 0 bridgehead atoms. The number of nitro groups is 1. The molecule has 0 amide bonds. The molecular weight excluding hydrogens is 320 g/mol. The second-order valence-electron chi connectivity index (χ2n) is 6.25. The predicted octanol–water partition coefficient (Wildman–Crippen LogP) is 4.10. The van der Waals surface area contributed by atoms with E-state index in [9.17, 15) is 14.9 Å². The van der Waals surface area contributed by atoms with Gasteiger partial charge in [-0.15, -0.1) is 0 Å². The molecule has 130 valence electrons. The van der Waals surface area contributed by atoms with Gasteiger partial charge in [0.1, 0.15) is 6.61 Å². The third kappa shape index (κ3) is 3.79. The maximum atomic E-state index is 11.9. The molecule has 0 radical (unpaired) electrons. The van der Waals surface area contributed by atoms with Crippen molar-refractivity contribution in [3.05, 3.63) is 69.0 Å². The number of benzene rings is 1. The van der Waals surface area contributed by atoms with Crippen LogP contribution in [0.2, 0.25) is 0 Å². The fourth-order valence-corrected chi connectivity index (χ4v) is 3.03. The van der Waals surface area contributed by atoms with E-state index in [0.717, 1.165) is 11.3 Å². The highest BCUT2D eigenvalue weighted by molar-refractivity contribution is 5.87. The summed E-state index contributed by atoms with van der Waals surface area (Å²) in [5, 5.41) is 11.0. The number of nitrogens with zero attached hydrogens (tertiary/aromatic N) is 2. The molecule has 0 spiro atoms. The zero-order valence-electron chi connectivity index (χ0n) is 14.3. The molecule has 25 heavy (non-hydrogen) atoms. The Hall–Kier alpha value is -2.89. The first-order valence-corrected chi connectivity index (χ1v) is 8.23. The van der Waals surface area contributed by atoms with Gasteiger partial charge in [0, 0.05) is 29.6 Å². The smallest absolute Gasteiger partial charge is 0.331 e. The summed E-state index contributed by atoms with van der Waals surface area (Å²) in [5.41, 5.74) is 3.65. The Labute approximate surface area is 145 Å². The lowest BCUT2D eigenvalue weighted by molar-refractivity contribution is -0.385. The lowest BCUT2D eigenvalue weighted by Crippen LogP contribution is -2.03. The molecule has 1 aliphatic carbocycles. The SMILES string of the molecule is Cc1cc(/C=C/C(=O)OCc2ccccc2[N+](=O)[O-])c(C)n1C1CC1. The van der Waals surface area contributed by atoms with Crippen LogP contribution in [0.4, 0.5) is 5.69 Å². The van der Waals surface area contributed by atoms with E-state index in [-0.39, 0.29) is 12.3 Å². The first-order valence-electron chi connectivity index (χ1n) is 8.23. The van der Waals surface area contributed by atoms with Gasteiger partial charge in [-0.1, -0.05) is 12.1 Å². The first-order chi connectivity index (χ1) is 12.0. The van der Waals surface area contributed by atoms with Gasteiger partial charge in [0.05, 0.1) is 10.5 Å². The largest absolute Gasteiger partial charge is 0.457 e. The van der Waals surface area contributed by atoms with E-state index in [1.165, 1.54) is 30.7 Å². The van der Waals surface area contributed by atoms with Crippen LogP contribution in [0.1, 0.15) is 41.4 Å². The molecule has 1 fully saturated rings. The minimum atomic E-state index is -0.519. The van der Waals surface area contributed by atoms with Crippen LogP contribution in [-0.2, 0) is 16.1 Å². The van der Waals surface area contributed by atoms with Gasteiger partial charge in [0.25, 0.3) is 5.69 Å². The third-order valence-electron chi connectivity index (χ3n) is 4.39. The molecule has 6 nitrogen and oxygen atoms in total. The van der Waals surface area contributed by atoms with Crippen LogP contribution in [0.5, 0.6) is 0 Å². The maximum absolute atomic E-state index is 11.9. The molecule has 1 heterocycles. The summed E-state index contributed by atoms with van der Waals surface area (Å²) in [5.74, 6) is -0.519. The van der Waals surface area contributed by atoms with Crippen molar-refractivity contribution in [1.29, 1.82) is 0 Å². The highest BCUT2D eigenvalue weighted by Gasteiger charge is 2.26. The Balaban J connectivity index is 1.64. The Morgan fingerprint density at radius 3 is 2.76 bits per heavy atom. The number of rotatable bonds is 6. The van der Waals surface area contributed by atoms with Crippen LogP contribution < -0.4 is 0 Å². The van der Waals surface area contributed by atoms with E-state index in [1.54, 1.807) is 24.3 Å². The van der Waals surface area contributed by atoms with Crippen LogP contribution in [-0.4, -0.2) is 15.5 Å². The van der Waals surface area contributed by atoms with E-state index in [1.807, 2.05) is 6.92 Å². The van der Waals surface area contributed by atoms with Gasteiger partial charge in [-0.2, -0.15) is 0 Å². The zero-order chi connectivity index (χ0) is 18.0. The number of hydrogen-bond acceptors (Lipinski definition) is 4. The van der Waals surface area contributed by atoms with Crippen molar-refractivity contribution in [2.75, 3.05) is 0 Å². The summed E-state index contributed by atoms with van der Waals surface area (Å²) in [6, 6.07) is 8.88. The number of nitro benzene ring substituents is 1. The van der Waals surface area contributed by atoms with Gasteiger partial charge in [0.15, 0.2) is 0 Å². The van der Waals surface area contributed by atoms with E-state index in [4.69, 9.17) is 4.74 Å². The molecule has 0 saturated heterocycles. The van der Waals surface area contributed by atoms with E-state index < -0.39 is 10.9 Å². The highest BCUT2D eigenvalue weighted by atomic mass is 16.6. The van der Waals surface area contributed by atoms with Gasteiger partial charge in [0.2, 0.25) is 0 Å². The average Bonchev–Trinajstić information content (AvgIpc) is 3.37. The predicted molar refractivity (Wildman–Crippen MR) is 94.1 cm³/mol. The summed E-state index contributed by atoms with van der Waals surface area (Å²) >= 11 is 0. The fourth-order valence-electron chi connectivity index (χ4n) is 3.03. The van der Waals surface area contributed by atoms with Gasteiger partial charge in [-0.3, -0.25) is 10.1 Å². The van der Waals surface area contributed by atoms with E-state index in [2.05, 4.69) is 17.6 Å². The monoisotopic (exact) mass is 340 g/mol. The van der Waals surface area contributed by atoms with E-state index >= 15 is 0 Å². The number of aromatic nitrogens is 1. The Kier molecular flexibility index (Phi) is 4.70. The maximum Gasteiger partial charge on any atom is 0.331 e. The second kappa shape index (κ2) is 6.93. The van der Waals surface area contributed by atoms with Crippen LogP contribution in [0, 0.1) is 24.0 Å². The van der Waals surface area contributed by atoms with Crippen LogP contribution in [0.3, 0.4) is 0 Å². The molecule has 2 aromatic rings. The molecule has 1 aromatic carbocycles. The number of ether oxygens (including phenoxy) is 1. The molecule has 3 rings (SSSR count). The Morgan fingerprint density at radius 1 is 1.36 bits per heavy atom. The van der Waals surface area contributed by atoms with Crippen LogP contribution in [0.15, 0.2) is 36.4 Å². The van der Waals surface area contributed by atoms with Crippen LogP contribution in [0.25, 0.3) is 6.08 Å². The van der Waals surface area contributed by atoms with Gasteiger partial charge < -0.3 is 9.30 Å². The number of carbonyl (C=O) groups excluding carboxylic acids is 1. The van der Waals surface area contributed by atoms with Crippen molar-refractivity contribution >= 4 is 17.7 Å². The number of carbonyl (C=O) groups is 1. The number of para-hydroxylation sites is 1. The van der Waals surface area contributed by atoms with Crippen molar-refractivity contribution < 1.29 is 14.5 Å². The lowest BCUT2D eigenvalue weighted by atomic mass is 10.2. The normalized spacial score (nSPS) is 14.0. The van der Waals surface area contributed by atoms with Crippen LogP contribution >= 0.6 is 0 Å². The molecule has 0 atom stereocenters. The molecule has 1 aliphatic rings. The van der Waals surface area contributed by atoms with Crippen molar-refractivity contribution in [2.24, 2.45) is 0 Å². The molecule has 0 N–H and O–H groups in total. The summed E-state index contributed by atoms with van der Waals surface area (Å²) in [6.45, 7) is 3.99. The van der Waals surface area contributed by atoms with Crippen molar-refractivity contribution in [1.82, 2.24) is 4.57 Å². The zero-order valence-corrected chi connectivity index (χ0v) is 14.3. The summed E-state index contributed by atoms with van der Waals surface area (Å²) < 4.78 is 7.44. The van der Waals surface area contributed by atoms with E-state index in [0.29, 0.717) is 11.6 Å². The summed E-state index contributed by atoms with van der Waals surface area (Å²) in [6.07, 6.45) is 5.52. The number of esters is 1. The minimum absolute atomic E-state index is 0.0488. The van der Waals surface area contributed by atoms with Crippen molar-refractivity contribution in [3.8, 4) is 0 Å². The van der Waals surface area contributed by atoms with Gasteiger partial charge in [-0.05, 0) is 50.5 Å². The molecule has 6 heteroatoms. The molecular formula is C19H20N2O4. The summed E-state index contributed by atoms with van der Waals surface area (Å²) in [4.78, 5) is 22.4. The minimum Gasteiger partial charge on any atom is -0.457 e. The second-order valence-corrected chi connectivity index (χ2v) is 6.25. The highest BCUT2D eigenvalue weighted by Crippen LogP contribution is 2.38. The summed E-state index contributed by atoms with van der Waals surface area (Å²) in [7, 11) is 0. The number of hydrogen-bond donors (Lipinski definition) is 0. The topological polar surface area (TPSA) is 74.4 Å². The average molecular weight is 340 g/mol. The Morgan fingerprint density at radius 2 is 2.08 bits per heavy atom. The third-order valence-corrected chi connectivity index (χ3v) is 4.39. The molecule has 1 saturated carbocycles. The molecule has 0 unspecified atom stereocenters. The quantitative estimate of drug-likeness (QED) is 0.343. The standard InChI is InChI=1S/C19H20N2O4/c1-13-11-15(14(2)20(13)17-8-9-17)7-10-19(22)25-12-16-5-3-4-6-18(16)21(23)24/h3-7,10-11,17H,8-9,12H2,1-2H3/b10-7+.